The van der Waals surface area contributed by atoms with Gasteiger partial charge in [0.05, 0.1) is 5.56 Å². The van der Waals surface area contributed by atoms with Crippen LogP contribution in [-0.2, 0) is 13.0 Å². The lowest BCUT2D eigenvalue weighted by atomic mass is 10.3. The number of hydrogen-bond acceptors (Lipinski definition) is 6. The van der Waals surface area contributed by atoms with E-state index in [1.165, 1.54) is 11.3 Å². The molecule has 0 saturated heterocycles. The molecule has 3 N–H and O–H groups in total. The summed E-state index contributed by atoms with van der Waals surface area (Å²) in [4.78, 5) is 16.1. The second-order valence-corrected chi connectivity index (χ2v) is 4.82. The molecule has 0 spiro atoms. The van der Waals surface area contributed by atoms with Crippen molar-refractivity contribution in [3.8, 4) is 0 Å². The maximum absolute atomic E-state index is 10.9. The van der Waals surface area contributed by atoms with E-state index in [4.69, 9.17) is 10.3 Å². The Morgan fingerprint density at radius 1 is 1.61 bits per heavy atom. The number of hydrogen-bond donors (Lipinski definition) is 2. The molecule has 0 bridgehead atoms. The standard InChI is InChI=1S/C11H14N4O2S/c1-7-14-10(17-15-7)2-3-13-5-9-4-8(6-18-9)11(12)16/h4,6,13H,2-3,5H2,1H3,(H2,12,16). The summed E-state index contributed by atoms with van der Waals surface area (Å²) < 4.78 is 4.99. The Kier molecular flexibility index (Phi) is 4.06. The number of amides is 1. The van der Waals surface area contributed by atoms with Gasteiger partial charge in [-0.15, -0.1) is 11.3 Å². The molecule has 2 rings (SSSR count). The Morgan fingerprint density at radius 3 is 3.06 bits per heavy atom. The van der Waals surface area contributed by atoms with Crippen molar-refractivity contribution in [2.45, 2.75) is 19.9 Å². The van der Waals surface area contributed by atoms with Gasteiger partial charge < -0.3 is 15.6 Å². The van der Waals surface area contributed by atoms with Crippen LogP contribution in [-0.4, -0.2) is 22.6 Å². The van der Waals surface area contributed by atoms with E-state index in [0.29, 0.717) is 30.2 Å². The summed E-state index contributed by atoms with van der Waals surface area (Å²) in [6, 6.07) is 1.80. The van der Waals surface area contributed by atoms with E-state index in [-0.39, 0.29) is 5.91 Å². The minimum absolute atomic E-state index is 0.390. The normalized spacial score (nSPS) is 10.7. The minimum atomic E-state index is -0.390. The molecule has 0 saturated carbocycles. The van der Waals surface area contributed by atoms with Crippen LogP contribution in [0.2, 0.25) is 0 Å². The van der Waals surface area contributed by atoms with E-state index in [1.54, 1.807) is 18.4 Å². The van der Waals surface area contributed by atoms with E-state index in [9.17, 15) is 4.79 Å². The molecule has 0 fully saturated rings. The lowest BCUT2D eigenvalue weighted by molar-refractivity contribution is 0.100. The molecule has 2 aromatic heterocycles. The van der Waals surface area contributed by atoms with Crippen LogP contribution in [0.3, 0.4) is 0 Å². The Morgan fingerprint density at radius 2 is 2.44 bits per heavy atom. The zero-order chi connectivity index (χ0) is 13.0. The maximum atomic E-state index is 10.9. The number of nitrogens with two attached hydrogens (primary N) is 1. The van der Waals surface area contributed by atoms with Crippen molar-refractivity contribution in [1.82, 2.24) is 15.5 Å². The highest BCUT2D eigenvalue weighted by atomic mass is 32.1. The smallest absolute Gasteiger partial charge is 0.249 e. The monoisotopic (exact) mass is 266 g/mol. The number of nitrogens with one attached hydrogen (secondary N) is 1. The first kappa shape index (κ1) is 12.7. The van der Waals surface area contributed by atoms with Crippen LogP contribution >= 0.6 is 11.3 Å². The van der Waals surface area contributed by atoms with E-state index in [2.05, 4.69) is 15.5 Å². The topological polar surface area (TPSA) is 94.0 Å². The van der Waals surface area contributed by atoms with Crippen molar-refractivity contribution in [3.05, 3.63) is 33.6 Å². The summed E-state index contributed by atoms with van der Waals surface area (Å²) in [7, 11) is 0. The average molecular weight is 266 g/mol. The fourth-order valence-corrected chi connectivity index (χ4v) is 2.29. The molecule has 0 aromatic carbocycles. The van der Waals surface area contributed by atoms with Crippen LogP contribution in [0.25, 0.3) is 0 Å². The van der Waals surface area contributed by atoms with Gasteiger partial charge in [-0.25, -0.2) is 0 Å². The van der Waals surface area contributed by atoms with Gasteiger partial charge in [0.2, 0.25) is 11.8 Å². The molecule has 96 valence electrons. The molecule has 0 unspecified atom stereocenters. The lowest BCUT2D eigenvalue weighted by Crippen LogP contribution is -2.16. The van der Waals surface area contributed by atoms with Crippen LogP contribution in [0.1, 0.15) is 27.0 Å². The third kappa shape index (κ3) is 3.38. The largest absolute Gasteiger partial charge is 0.366 e. The molecule has 0 aliphatic rings. The number of carbonyl (C=O) groups excluding carboxylic acids is 1. The summed E-state index contributed by atoms with van der Waals surface area (Å²) in [5, 5.41) is 8.72. The van der Waals surface area contributed by atoms with Gasteiger partial charge in [0, 0.05) is 29.8 Å². The number of thiophene rings is 1. The molecular weight excluding hydrogens is 252 g/mol. The van der Waals surface area contributed by atoms with Crippen molar-refractivity contribution >= 4 is 17.2 Å². The Hall–Kier alpha value is -1.73. The highest BCUT2D eigenvalue weighted by Crippen LogP contribution is 2.13. The van der Waals surface area contributed by atoms with E-state index in [1.807, 2.05) is 0 Å². The fraction of sp³-hybridized carbons (Fsp3) is 0.364. The number of aromatic nitrogens is 2. The van der Waals surface area contributed by atoms with Gasteiger partial charge in [-0.3, -0.25) is 4.79 Å². The first-order valence-corrected chi connectivity index (χ1v) is 6.40. The van der Waals surface area contributed by atoms with E-state index in [0.717, 1.165) is 11.4 Å². The third-order valence-electron chi connectivity index (χ3n) is 2.32. The minimum Gasteiger partial charge on any atom is -0.366 e. The van der Waals surface area contributed by atoms with Crippen molar-refractivity contribution < 1.29 is 9.32 Å². The Balaban J connectivity index is 1.73. The molecule has 0 atom stereocenters. The Labute approximate surface area is 108 Å². The SMILES string of the molecule is Cc1noc(CCNCc2cc(C(N)=O)cs2)n1. The maximum Gasteiger partial charge on any atom is 0.249 e. The summed E-state index contributed by atoms with van der Waals surface area (Å²) in [6.07, 6.45) is 0.689. The fourth-order valence-electron chi connectivity index (χ4n) is 1.45. The number of carbonyl (C=O) groups is 1. The number of primary amides is 1. The summed E-state index contributed by atoms with van der Waals surface area (Å²) >= 11 is 1.51. The van der Waals surface area contributed by atoms with E-state index >= 15 is 0 Å². The van der Waals surface area contributed by atoms with Gasteiger partial charge in [-0.1, -0.05) is 5.16 Å². The van der Waals surface area contributed by atoms with Gasteiger partial charge >= 0.3 is 0 Å². The first-order chi connectivity index (χ1) is 8.65. The van der Waals surface area contributed by atoms with Crippen molar-refractivity contribution in [2.75, 3.05) is 6.54 Å². The molecule has 7 heteroatoms. The van der Waals surface area contributed by atoms with Crippen LogP contribution in [0.5, 0.6) is 0 Å². The predicted molar refractivity (Wildman–Crippen MR) is 67.3 cm³/mol. The van der Waals surface area contributed by atoms with Crippen LogP contribution < -0.4 is 11.1 Å². The van der Waals surface area contributed by atoms with Gasteiger partial charge in [0.1, 0.15) is 0 Å². The molecular formula is C11H14N4O2S. The second-order valence-electron chi connectivity index (χ2n) is 3.83. The average Bonchev–Trinajstić information content (AvgIpc) is 2.93. The summed E-state index contributed by atoms with van der Waals surface area (Å²) in [5.74, 6) is 0.886. The molecule has 0 radical (unpaired) electrons. The highest BCUT2D eigenvalue weighted by molar-refractivity contribution is 7.10. The third-order valence-corrected chi connectivity index (χ3v) is 3.26. The molecule has 2 aromatic rings. The van der Waals surface area contributed by atoms with Gasteiger partial charge in [-0.05, 0) is 13.0 Å². The van der Waals surface area contributed by atoms with Crippen molar-refractivity contribution in [1.29, 1.82) is 0 Å². The van der Waals surface area contributed by atoms with Crippen LogP contribution in [0, 0.1) is 6.92 Å². The first-order valence-electron chi connectivity index (χ1n) is 5.52. The quantitative estimate of drug-likeness (QED) is 0.757. The van der Waals surface area contributed by atoms with Crippen molar-refractivity contribution in [3.63, 3.8) is 0 Å². The number of aryl methyl sites for hydroxylation is 1. The zero-order valence-corrected chi connectivity index (χ0v) is 10.8. The lowest BCUT2D eigenvalue weighted by Gasteiger charge is -1.99. The van der Waals surface area contributed by atoms with Crippen LogP contribution in [0.15, 0.2) is 16.0 Å². The van der Waals surface area contributed by atoms with E-state index < -0.39 is 0 Å². The van der Waals surface area contributed by atoms with Gasteiger partial charge in [0.15, 0.2) is 5.82 Å². The van der Waals surface area contributed by atoms with Crippen molar-refractivity contribution in [2.24, 2.45) is 5.73 Å². The zero-order valence-electron chi connectivity index (χ0n) is 9.97. The van der Waals surface area contributed by atoms with Crippen LogP contribution in [0.4, 0.5) is 0 Å². The Bertz CT molecular complexity index is 535. The second kappa shape index (κ2) is 5.74. The molecule has 2 heterocycles. The number of nitrogens with zero attached hydrogens (tertiary/aromatic N) is 2. The summed E-state index contributed by atoms with van der Waals surface area (Å²) in [6.45, 7) is 3.23. The molecule has 6 nitrogen and oxygen atoms in total. The molecule has 0 aliphatic heterocycles. The predicted octanol–water partition coefficient (Wildman–Crippen LogP) is 0.871. The highest BCUT2D eigenvalue weighted by Gasteiger charge is 2.05. The molecule has 1 amide bonds. The molecule has 0 aliphatic carbocycles. The van der Waals surface area contributed by atoms with Gasteiger partial charge in [-0.2, -0.15) is 4.98 Å². The summed E-state index contributed by atoms with van der Waals surface area (Å²) in [5.41, 5.74) is 5.74. The number of rotatable bonds is 6. The van der Waals surface area contributed by atoms with Gasteiger partial charge in [0.25, 0.3) is 0 Å². The molecule has 18 heavy (non-hydrogen) atoms.